The van der Waals surface area contributed by atoms with E-state index < -0.39 is 33.5 Å². The number of nitrogens with zero attached hydrogens (tertiary/aromatic N) is 2. The molecule has 0 aliphatic carbocycles. The molecule has 1 aliphatic rings. The first-order valence-electron chi connectivity index (χ1n) is 10.4. The number of benzene rings is 2. The van der Waals surface area contributed by atoms with Crippen molar-refractivity contribution in [1.82, 2.24) is 4.98 Å². The number of sulfonamides is 1. The van der Waals surface area contributed by atoms with Crippen LogP contribution in [0, 0.1) is 0 Å². The van der Waals surface area contributed by atoms with Gasteiger partial charge in [0.1, 0.15) is 10.8 Å². The summed E-state index contributed by atoms with van der Waals surface area (Å²) in [5.41, 5.74) is 0.311. The van der Waals surface area contributed by atoms with Crippen molar-refractivity contribution < 1.29 is 32.6 Å². The number of anilines is 1. The number of halogens is 2. The SMILES string of the molecule is COc1c(Cl)cc(/C(O)=C2\C(=O)C(=O)N(c3ccc(S(N)(=O)=O)cc3)C2c2ccncc2)c(OC)c1Cl. The second-order valence-corrected chi connectivity index (χ2v) is 10.1. The first-order chi connectivity index (χ1) is 17.5. The molecule has 2 aromatic carbocycles. The fraction of sp³-hybridized carbons (Fsp3) is 0.125. The van der Waals surface area contributed by atoms with Crippen LogP contribution in [-0.2, 0) is 19.6 Å². The number of primary sulfonamides is 1. The molecule has 1 fully saturated rings. The average Bonchev–Trinajstić information content (AvgIpc) is 3.14. The van der Waals surface area contributed by atoms with Crippen LogP contribution in [0.15, 0.2) is 65.3 Å². The Bertz CT molecular complexity index is 1540. The number of hydrogen-bond acceptors (Lipinski definition) is 8. The molecule has 0 spiro atoms. The van der Waals surface area contributed by atoms with Crippen molar-refractivity contribution >= 4 is 56.4 Å². The van der Waals surface area contributed by atoms with Gasteiger partial charge >= 0.3 is 0 Å². The van der Waals surface area contributed by atoms with Crippen molar-refractivity contribution in [1.29, 1.82) is 0 Å². The van der Waals surface area contributed by atoms with Crippen molar-refractivity contribution in [3.63, 3.8) is 0 Å². The van der Waals surface area contributed by atoms with Crippen LogP contribution in [0.3, 0.4) is 0 Å². The van der Waals surface area contributed by atoms with E-state index in [4.69, 9.17) is 37.8 Å². The van der Waals surface area contributed by atoms with Gasteiger partial charge in [0, 0.05) is 18.1 Å². The van der Waals surface area contributed by atoms with Gasteiger partial charge in [0.2, 0.25) is 10.0 Å². The quantitative estimate of drug-likeness (QED) is 0.262. The van der Waals surface area contributed by atoms with E-state index in [1.807, 2.05) is 0 Å². The summed E-state index contributed by atoms with van der Waals surface area (Å²) in [4.78, 5) is 31.5. The van der Waals surface area contributed by atoms with Gasteiger partial charge in [-0.25, -0.2) is 13.6 Å². The number of methoxy groups -OCH3 is 2. The molecule has 3 N–H and O–H groups in total. The third-order valence-electron chi connectivity index (χ3n) is 5.70. The molecule has 0 radical (unpaired) electrons. The molecule has 1 saturated heterocycles. The van der Waals surface area contributed by atoms with Gasteiger partial charge in [-0.15, -0.1) is 0 Å². The van der Waals surface area contributed by atoms with Crippen molar-refractivity contribution in [3.8, 4) is 11.5 Å². The zero-order valence-corrected chi connectivity index (χ0v) is 21.6. The molecule has 4 rings (SSSR count). The van der Waals surface area contributed by atoms with E-state index in [0.717, 1.165) is 4.90 Å². The number of Topliss-reactive ketones (excluding diaryl/α,β-unsaturated/α-hetero) is 1. The smallest absolute Gasteiger partial charge is 0.300 e. The van der Waals surface area contributed by atoms with Crippen LogP contribution < -0.4 is 19.5 Å². The Morgan fingerprint density at radius 3 is 2.16 bits per heavy atom. The zero-order chi connectivity index (χ0) is 27.1. The molecule has 1 amide bonds. The first-order valence-corrected chi connectivity index (χ1v) is 12.8. The number of aromatic nitrogens is 1. The van der Waals surface area contributed by atoms with Crippen molar-refractivity contribution in [2.45, 2.75) is 10.9 Å². The molecule has 0 saturated carbocycles. The summed E-state index contributed by atoms with van der Waals surface area (Å²) in [6.07, 6.45) is 2.92. The highest BCUT2D eigenvalue weighted by atomic mass is 35.5. The number of rotatable bonds is 6. The predicted molar refractivity (Wildman–Crippen MR) is 136 cm³/mol. The van der Waals surface area contributed by atoms with E-state index in [1.54, 1.807) is 12.1 Å². The van der Waals surface area contributed by atoms with Crippen LogP contribution >= 0.6 is 23.2 Å². The Kier molecular flexibility index (Phi) is 7.16. The van der Waals surface area contributed by atoms with E-state index in [1.165, 1.54) is 56.9 Å². The van der Waals surface area contributed by atoms with Crippen LogP contribution in [0.1, 0.15) is 17.2 Å². The average molecular weight is 564 g/mol. The lowest BCUT2D eigenvalue weighted by molar-refractivity contribution is -0.132. The number of hydrogen-bond donors (Lipinski definition) is 2. The van der Waals surface area contributed by atoms with Crippen molar-refractivity contribution in [2.75, 3.05) is 19.1 Å². The first kappa shape index (κ1) is 26.4. The Balaban J connectivity index is 1.98. The molecule has 2 heterocycles. The summed E-state index contributed by atoms with van der Waals surface area (Å²) in [7, 11) is -1.34. The summed E-state index contributed by atoms with van der Waals surface area (Å²) >= 11 is 12.6. The van der Waals surface area contributed by atoms with Gasteiger partial charge in [-0.3, -0.25) is 19.5 Å². The highest BCUT2D eigenvalue weighted by molar-refractivity contribution is 7.89. The Labute approximate surface area is 221 Å². The number of aliphatic hydroxyl groups is 1. The van der Waals surface area contributed by atoms with Crippen LogP contribution in [0.4, 0.5) is 5.69 Å². The fourth-order valence-electron chi connectivity index (χ4n) is 4.05. The third-order valence-corrected chi connectivity index (χ3v) is 7.26. The maximum absolute atomic E-state index is 13.3. The second-order valence-electron chi connectivity index (χ2n) is 7.77. The lowest BCUT2D eigenvalue weighted by Crippen LogP contribution is -2.29. The molecule has 0 bridgehead atoms. The van der Waals surface area contributed by atoms with Crippen LogP contribution in [0.5, 0.6) is 11.5 Å². The lowest BCUT2D eigenvalue weighted by atomic mass is 9.95. The number of ether oxygens (including phenoxy) is 2. The maximum Gasteiger partial charge on any atom is 0.300 e. The number of aliphatic hydroxyl groups excluding tert-OH is 1. The fourth-order valence-corrected chi connectivity index (χ4v) is 5.25. The highest BCUT2D eigenvalue weighted by Gasteiger charge is 2.47. The summed E-state index contributed by atoms with van der Waals surface area (Å²) in [5, 5.41) is 16.6. The van der Waals surface area contributed by atoms with Crippen LogP contribution in [0.25, 0.3) is 5.76 Å². The number of carbonyl (C=O) groups excluding carboxylic acids is 2. The molecule has 13 heteroatoms. The van der Waals surface area contributed by atoms with Gasteiger partial charge < -0.3 is 14.6 Å². The normalized spacial score (nSPS) is 17.2. The summed E-state index contributed by atoms with van der Waals surface area (Å²) in [6, 6.07) is 8.41. The number of ketones is 1. The standard InChI is InChI=1S/C24H19Cl2N3O7S/c1-35-22-15(11-16(25)23(36-2)18(22)26)20(30)17-19(12-7-9-28-10-8-12)29(24(32)21(17)31)13-3-5-14(6-4-13)37(27,33)34/h3-11,19,30H,1-2H3,(H2,27,33,34)/b20-17+. The topological polar surface area (TPSA) is 149 Å². The van der Waals surface area contributed by atoms with E-state index in [2.05, 4.69) is 4.98 Å². The number of nitrogens with two attached hydrogens (primary N) is 1. The van der Waals surface area contributed by atoms with Gasteiger partial charge in [-0.1, -0.05) is 23.2 Å². The van der Waals surface area contributed by atoms with Crippen molar-refractivity contribution in [2.24, 2.45) is 5.14 Å². The molecular formula is C24H19Cl2N3O7S. The van der Waals surface area contributed by atoms with Crippen LogP contribution in [-0.4, -0.2) is 44.4 Å². The van der Waals surface area contributed by atoms with E-state index in [0.29, 0.717) is 5.56 Å². The largest absolute Gasteiger partial charge is 0.507 e. The number of pyridine rings is 1. The second kappa shape index (κ2) is 10.0. The number of carbonyl (C=O) groups is 2. The van der Waals surface area contributed by atoms with Crippen LogP contribution in [0.2, 0.25) is 10.0 Å². The highest BCUT2D eigenvalue weighted by Crippen LogP contribution is 2.48. The van der Waals surface area contributed by atoms with Gasteiger partial charge in [0.25, 0.3) is 11.7 Å². The molecule has 192 valence electrons. The predicted octanol–water partition coefficient (Wildman–Crippen LogP) is 3.68. The Hall–Kier alpha value is -3.64. The molecule has 1 unspecified atom stereocenters. The molecule has 10 nitrogen and oxygen atoms in total. The van der Waals surface area contributed by atoms with E-state index >= 15 is 0 Å². The minimum Gasteiger partial charge on any atom is -0.507 e. The van der Waals surface area contributed by atoms with E-state index in [9.17, 15) is 23.1 Å². The van der Waals surface area contributed by atoms with Crippen molar-refractivity contribution in [3.05, 3.63) is 81.6 Å². The third kappa shape index (κ3) is 4.62. The molecule has 37 heavy (non-hydrogen) atoms. The van der Waals surface area contributed by atoms with Gasteiger partial charge in [-0.2, -0.15) is 0 Å². The summed E-state index contributed by atoms with van der Waals surface area (Å²) in [6.45, 7) is 0. The molecule has 1 aromatic heterocycles. The summed E-state index contributed by atoms with van der Waals surface area (Å²) in [5.74, 6) is -2.49. The van der Waals surface area contributed by atoms with Gasteiger partial charge in [-0.05, 0) is 48.0 Å². The number of amides is 1. The Morgan fingerprint density at radius 2 is 1.62 bits per heavy atom. The zero-order valence-electron chi connectivity index (χ0n) is 19.3. The summed E-state index contributed by atoms with van der Waals surface area (Å²) < 4.78 is 33.9. The lowest BCUT2D eigenvalue weighted by Gasteiger charge is -2.25. The molecule has 1 atom stereocenters. The monoisotopic (exact) mass is 563 g/mol. The minimum atomic E-state index is -3.99. The van der Waals surface area contributed by atoms with Gasteiger partial charge in [0.15, 0.2) is 11.5 Å². The molecule has 3 aromatic rings. The maximum atomic E-state index is 13.3. The molecule has 1 aliphatic heterocycles. The van der Waals surface area contributed by atoms with E-state index in [-0.39, 0.29) is 43.3 Å². The molecular weight excluding hydrogens is 545 g/mol. The Morgan fingerprint density at radius 1 is 1.03 bits per heavy atom. The minimum absolute atomic E-state index is 0.0300. The van der Waals surface area contributed by atoms with Gasteiger partial charge in [0.05, 0.1) is 41.3 Å².